The molecular formula is C28H34BBrN2O6. The molecule has 6 rings (SSSR count). The molecule has 0 saturated heterocycles. The Kier molecular flexibility index (Phi) is 6.96. The summed E-state index contributed by atoms with van der Waals surface area (Å²) in [5.74, 6) is 0.415. The van der Waals surface area contributed by atoms with Crippen LogP contribution in [-0.2, 0) is 33.3 Å². The lowest BCUT2D eigenvalue weighted by molar-refractivity contribution is -0.127. The van der Waals surface area contributed by atoms with Gasteiger partial charge in [0.2, 0.25) is 0 Å². The number of ketones is 2. The average Bonchev–Trinajstić information content (AvgIpc) is 3.27. The molecule has 0 bridgehead atoms. The predicted molar refractivity (Wildman–Crippen MR) is 145 cm³/mol. The van der Waals surface area contributed by atoms with E-state index in [0.717, 1.165) is 39.8 Å². The summed E-state index contributed by atoms with van der Waals surface area (Å²) in [6, 6.07) is 3.66. The average molecular weight is 585 g/mol. The number of rotatable bonds is 1. The second-order valence-electron chi connectivity index (χ2n) is 12.2. The minimum Gasteiger partial charge on any atom is -0.423 e. The van der Waals surface area contributed by atoms with Crippen LogP contribution in [-0.4, -0.2) is 60.1 Å². The first-order chi connectivity index (χ1) is 17.8. The van der Waals surface area contributed by atoms with E-state index < -0.39 is 29.2 Å². The van der Waals surface area contributed by atoms with E-state index in [4.69, 9.17) is 0 Å². The van der Waals surface area contributed by atoms with E-state index in [1.807, 2.05) is 13.0 Å². The lowest BCUT2D eigenvalue weighted by atomic mass is 9.67. The van der Waals surface area contributed by atoms with Gasteiger partial charge < -0.3 is 20.3 Å². The molecule has 2 spiro atoms. The quantitative estimate of drug-likeness (QED) is 0.373. The molecule has 2 fully saturated rings. The Bertz CT molecular complexity index is 1270. The zero-order valence-electron chi connectivity index (χ0n) is 21.8. The molecule has 0 amide bonds. The van der Waals surface area contributed by atoms with Gasteiger partial charge in [-0.15, -0.1) is 0 Å². The summed E-state index contributed by atoms with van der Waals surface area (Å²) in [7, 11) is -1.56. The van der Waals surface area contributed by atoms with Gasteiger partial charge in [-0.3, -0.25) is 19.6 Å². The molecule has 10 heteroatoms. The molecule has 0 atom stereocenters. The van der Waals surface area contributed by atoms with Gasteiger partial charge >= 0.3 is 7.12 Å². The van der Waals surface area contributed by atoms with Gasteiger partial charge in [0.05, 0.1) is 33.4 Å². The Morgan fingerprint density at radius 3 is 1.61 bits per heavy atom. The van der Waals surface area contributed by atoms with Crippen LogP contribution in [0.2, 0.25) is 0 Å². The fourth-order valence-electron chi connectivity index (χ4n) is 6.69. The van der Waals surface area contributed by atoms with Gasteiger partial charge in [0.25, 0.3) is 0 Å². The highest BCUT2D eigenvalue weighted by atomic mass is 79.9. The van der Waals surface area contributed by atoms with Crippen molar-refractivity contribution in [3.8, 4) is 0 Å². The topological polar surface area (TPSA) is 141 Å². The number of carbonyl (C=O) groups is 2. The maximum absolute atomic E-state index is 12.5. The maximum atomic E-state index is 12.5. The van der Waals surface area contributed by atoms with Gasteiger partial charge in [-0.05, 0) is 98.3 Å². The highest BCUT2D eigenvalue weighted by Crippen LogP contribution is 2.49. The van der Waals surface area contributed by atoms with Crippen LogP contribution < -0.4 is 5.46 Å². The summed E-state index contributed by atoms with van der Waals surface area (Å²) >= 11 is 3.40. The SMILES string of the molecule is CC1(O)CCC2(CC1)C(=O)Cc1cc(B(O)O)cnc12.CC1(O)CCC2(CC1)C(=O)Cc1cc(Br)cnc12. The van der Waals surface area contributed by atoms with Gasteiger partial charge in [-0.25, -0.2) is 0 Å². The Morgan fingerprint density at radius 2 is 1.16 bits per heavy atom. The molecule has 0 radical (unpaired) electrons. The molecule has 8 nitrogen and oxygen atoms in total. The fourth-order valence-corrected chi connectivity index (χ4v) is 7.07. The Morgan fingerprint density at radius 1 is 0.737 bits per heavy atom. The zero-order chi connectivity index (χ0) is 27.5. The van der Waals surface area contributed by atoms with Gasteiger partial charge in [-0.2, -0.15) is 0 Å². The van der Waals surface area contributed by atoms with Gasteiger partial charge in [0.1, 0.15) is 11.6 Å². The first kappa shape index (κ1) is 27.6. The number of Topliss-reactive ketones (excluding diaryl/α,β-unsaturated/α-hetero) is 2. The first-order valence-corrected chi connectivity index (χ1v) is 14.1. The molecule has 0 aliphatic heterocycles. The second-order valence-corrected chi connectivity index (χ2v) is 13.1. The van der Waals surface area contributed by atoms with Gasteiger partial charge in [0, 0.05) is 35.2 Å². The molecule has 4 N–H and O–H groups in total. The van der Waals surface area contributed by atoms with Crippen molar-refractivity contribution in [2.75, 3.05) is 0 Å². The molecule has 2 heterocycles. The third kappa shape index (κ3) is 4.79. The third-order valence-electron chi connectivity index (χ3n) is 9.26. The largest absolute Gasteiger partial charge is 0.490 e. The number of nitrogens with zero attached hydrogens (tertiary/aromatic N) is 2. The van der Waals surface area contributed by atoms with Crippen LogP contribution in [0.15, 0.2) is 29.0 Å². The summed E-state index contributed by atoms with van der Waals surface area (Å²) in [5, 5.41) is 38.5. The minimum atomic E-state index is -1.56. The van der Waals surface area contributed by atoms with Gasteiger partial charge in [0.15, 0.2) is 0 Å². The van der Waals surface area contributed by atoms with Crippen molar-refractivity contribution in [1.29, 1.82) is 0 Å². The number of fused-ring (bicyclic) bond motifs is 4. The highest BCUT2D eigenvalue weighted by Gasteiger charge is 2.52. The maximum Gasteiger partial charge on any atom is 0.490 e. The molecule has 4 aliphatic rings. The van der Waals surface area contributed by atoms with E-state index in [0.29, 0.717) is 56.8 Å². The van der Waals surface area contributed by atoms with Crippen LogP contribution in [0.3, 0.4) is 0 Å². The number of hydrogen-bond acceptors (Lipinski definition) is 8. The minimum absolute atomic E-state index is 0.139. The van der Waals surface area contributed by atoms with Crippen molar-refractivity contribution >= 4 is 40.1 Å². The lowest BCUT2D eigenvalue weighted by Gasteiger charge is -2.39. The fraction of sp³-hybridized carbons (Fsp3) is 0.571. The second kappa shape index (κ2) is 9.59. The van der Waals surface area contributed by atoms with Crippen molar-refractivity contribution in [1.82, 2.24) is 9.97 Å². The number of pyridine rings is 2. The first-order valence-electron chi connectivity index (χ1n) is 13.3. The summed E-state index contributed by atoms with van der Waals surface area (Å²) in [4.78, 5) is 33.7. The summed E-state index contributed by atoms with van der Waals surface area (Å²) in [6.45, 7) is 3.66. The van der Waals surface area contributed by atoms with E-state index in [1.54, 1.807) is 19.2 Å². The lowest BCUT2D eigenvalue weighted by Crippen LogP contribution is -2.43. The monoisotopic (exact) mass is 584 g/mol. The standard InChI is InChI=1S/C14H18BNO4.C14H16BrNO2/c1-13(18)2-4-14(5-3-13)11(17)7-9-6-10(15(19)20)8-16-12(9)14;1-13(18)2-4-14(5-3-13)11(17)7-9-6-10(15)8-16-12(9)14/h6,8,18-20H,2-5,7H2,1H3;6,8,18H,2-5,7H2,1H3. The van der Waals surface area contributed by atoms with Crippen LogP contribution in [0.4, 0.5) is 0 Å². The van der Waals surface area contributed by atoms with Crippen LogP contribution in [0.25, 0.3) is 0 Å². The van der Waals surface area contributed by atoms with E-state index in [1.165, 1.54) is 6.20 Å². The van der Waals surface area contributed by atoms with Crippen molar-refractivity contribution in [3.05, 3.63) is 51.5 Å². The zero-order valence-corrected chi connectivity index (χ0v) is 23.4. The molecule has 202 valence electrons. The van der Waals surface area contributed by atoms with Crippen LogP contribution in [0.5, 0.6) is 0 Å². The molecule has 0 aromatic carbocycles. The number of halogens is 1. The molecule has 2 saturated carbocycles. The summed E-state index contributed by atoms with van der Waals surface area (Å²) < 4.78 is 0.925. The van der Waals surface area contributed by atoms with E-state index in [-0.39, 0.29) is 11.6 Å². The molecule has 2 aromatic rings. The number of hydrogen-bond donors (Lipinski definition) is 4. The van der Waals surface area contributed by atoms with E-state index in [2.05, 4.69) is 25.9 Å². The number of carbonyl (C=O) groups excluding carboxylic acids is 2. The summed E-state index contributed by atoms with van der Waals surface area (Å²) in [6.07, 6.45) is 9.18. The summed E-state index contributed by atoms with van der Waals surface area (Å²) in [5.41, 5.74) is 1.57. The number of aliphatic hydroxyl groups is 2. The highest BCUT2D eigenvalue weighted by molar-refractivity contribution is 9.10. The van der Waals surface area contributed by atoms with Crippen molar-refractivity contribution in [2.24, 2.45) is 0 Å². The molecule has 38 heavy (non-hydrogen) atoms. The third-order valence-corrected chi connectivity index (χ3v) is 9.69. The number of aromatic nitrogens is 2. The normalized spacial score (nSPS) is 33.7. The van der Waals surface area contributed by atoms with Gasteiger partial charge in [-0.1, -0.05) is 6.07 Å². The van der Waals surface area contributed by atoms with E-state index in [9.17, 15) is 29.9 Å². The molecular weight excluding hydrogens is 551 g/mol. The molecule has 4 aliphatic carbocycles. The Labute approximate surface area is 231 Å². The van der Waals surface area contributed by atoms with Crippen molar-refractivity contribution in [3.63, 3.8) is 0 Å². The predicted octanol–water partition coefficient (Wildman–Crippen LogP) is 1.98. The van der Waals surface area contributed by atoms with Crippen LogP contribution >= 0.6 is 15.9 Å². The Balaban J connectivity index is 0.000000156. The van der Waals surface area contributed by atoms with E-state index >= 15 is 0 Å². The molecule has 2 aromatic heterocycles. The van der Waals surface area contributed by atoms with Crippen molar-refractivity contribution in [2.45, 2.75) is 100 Å². The molecule has 0 unspecified atom stereocenters. The van der Waals surface area contributed by atoms with Crippen molar-refractivity contribution < 1.29 is 29.9 Å². The smallest absolute Gasteiger partial charge is 0.423 e. The van der Waals surface area contributed by atoms with Crippen LogP contribution in [0, 0.1) is 0 Å². The van der Waals surface area contributed by atoms with Crippen LogP contribution in [0.1, 0.15) is 87.7 Å². The Hall–Kier alpha value is -1.98.